The molecular weight excluding hydrogens is 594 g/mol. The molecular formula is C33H29N5O6S. The van der Waals surface area contributed by atoms with Gasteiger partial charge in [-0.05, 0) is 55.3 Å². The van der Waals surface area contributed by atoms with Gasteiger partial charge in [0.2, 0.25) is 11.8 Å². The molecule has 0 spiro atoms. The van der Waals surface area contributed by atoms with E-state index in [1.807, 2.05) is 30.3 Å². The van der Waals surface area contributed by atoms with Crippen LogP contribution in [0.1, 0.15) is 27.3 Å². The third-order valence-corrected chi connectivity index (χ3v) is 8.90. The van der Waals surface area contributed by atoms with Gasteiger partial charge >= 0.3 is 0 Å². The summed E-state index contributed by atoms with van der Waals surface area (Å²) < 4.78 is 46.2. The van der Waals surface area contributed by atoms with Crippen molar-refractivity contribution in [2.75, 3.05) is 18.9 Å². The van der Waals surface area contributed by atoms with E-state index < -0.39 is 10.0 Å². The maximum Gasteiger partial charge on any atom is 0.272 e. The van der Waals surface area contributed by atoms with Crippen LogP contribution in [0.2, 0.25) is 0 Å². The lowest BCUT2D eigenvalue weighted by atomic mass is 9.96. The van der Waals surface area contributed by atoms with E-state index in [1.54, 1.807) is 64.4 Å². The summed E-state index contributed by atoms with van der Waals surface area (Å²) >= 11 is 0. The van der Waals surface area contributed by atoms with Gasteiger partial charge in [-0.3, -0.25) is 4.79 Å². The zero-order valence-corrected chi connectivity index (χ0v) is 25.8. The zero-order valence-electron chi connectivity index (χ0n) is 24.9. The third-order valence-electron chi connectivity index (χ3n) is 7.51. The van der Waals surface area contributed by atoms with Gasteiger partial charge in [-0.1, -0.05) is 41.6 Å². The number of hydrogen-bond donors (Lipinski definition) is 1. The fraction of sp³-hybridized carbons (Fsp3) is 0.152. The molecule has 0 aliphatic carbocycles. The van der Waals surface area contributed by atoms with E-state index in [0.717, 1.165) is 5.39 Å². The van der Waals surface area contributed by atoms with Gasteiger partial charge in [0.25, 0.3) is 15.9 Å². The number of carbonyl (C=O) groups excluding carboxylic acids is 1. The molecule has 0 unspecified atom stereocenters. The Morgan fingerprint density at radius 3 is 2.51 bits per heavy atom. The summed E-state index contributed by atoms with van der Waals surface area (Å²) in [5, 5.41) is 4.65. The summed E-state index contributed by atoms with van der Waals surface area (Å²) in [7, 11) is -0.900. The summed E-state index contributed by atoms with van der Waals surface area (Å²) in [5.74, 6) is 0.625. The standard InChI is InChI=1S/C33H29N5O6S/c1-20-21(2)36-44-31(20)37-45(40,41)30-12-8-6-9-25(30)24-14-13-22(32-34-15-16-43-32)17-23(24)19-38(3)33(39)28-18-29(42-4)26-10-5-7-11-27(26)35-28/h5-18,37H,19H2,1-4H3. The summed E-state index contributed by atoms with van der Waals surface area (Å²) in [5.41, 5.74) is 4.36. The maximum atomic E-state index is 13.7. The molecule has 1 N–H and O–H groups in total. The van der Waals surface area contributed by atoms with Crippen LogP contribution < -0.4 is 9.46 Å². The average molecular weight is 624 g/mol. The highest BCUT2D eigenvalue weighted by Gasteiger charge is 2.25. The van der Waals surface area contributed by atoms with Crippen LogP contribution >= 0.6 is 0 Å². The number of nitrogens with zero attached hydrogens (tertiary/aromatic N) is 4. The number of carbonyl (C=O) groups is 1. The van der Waals surface area contributed by atoms with Crippen LogP contribution in [0.25, 0.3) is 33.5 Å². The number of rotatable bonds is 9. The van der Waals surface area contributed by atoms with Crippen molar-refractivity contribution in [2.45, 2.75) is 25.3 Å². The Hall–Kier alpha value is -5.49. The molecule has 0 aliphatic heterocycles. The number of amides is 1. The molecule has 0 bridgehead atoms. The Bertz CT molecular complexity index is 2140. The molecule has 0 atom stereocenters. The summed E-state index contributed by atoms with van der Waals surface area (Å²) in [6.07, 6.45) is 3.01. The number of para-hydroxylation sites is 1. The lowest BCUT2D eigenvalue weighted by Crippen LogP contribution is -2.27. The van der Waals surface area contributed by atoms with Gasteiger partial charge < -0.3 is 18.6 Å². The fourth-order valence-electron chi connectivity index (χ4n) is 5.04. The number of nitrogens with one attached hydrogen (secondary N) is 1. The van der Waals surface area contributed by atoms with Gasteiger partial charge in [-0.2, -0.15) is 0 Å². The molecule has 11 nitrogen and oxygen atoms in total. The third kappa shape index (κ3) is 5.75. The molecule has 3 heterocycles. The fourth-order valence-corrected chi connectivity index (χ4v) is 6.31. The molecule has 3 aromatic carbocycles. The van der Waals surface area contributed by atoms with Crippen LogP contribution in [0, 0.1) is 13.8 Å². The van der Waals surface area contributed by atoms with Gasteiger partial charge in [-0.15, -0.1) is 0 Å². The first-order valence-electron chi connectivity index (χ1n) is 13.9. The van der Waals surface area contributed by atoms with E-state index >= 15 is 0 Å². The van der Waals surface area contributed by atoms with Crippen LogP contribution in [0.3, 0.4) is 0 Å². The van der Waals surface area contributed by atoms with Crippen molar-refractivity contribution >= 4 is 32.7 Å². The van der Waals surface area contributed by atoms with Crippen molar-refractivity contribution in [1.29, 1.82) is 0 Å². The average Bonchev–Trinajstić information content (AvgIpc) is 3.70. The molecule has 0 saturated heterocycles. The van der Waals surface area contributed by atoms with Crippen LogP contribution in [-0.4, -0.2) is 48.5 Å². The largest absolute Gasteiger partial charge is 0.496 e. The van der Waals surface area contributed by atoms with Crippen molar-refractivity contribution in [2.24, 2.45) is 0 Å². The minimum atomic E-state index is -4.11. The molecule has 228 valence electrons. The van der Waals surface area contributed by atoms with Crippen LogP contribution in [0.5, 0.6) is 5.75 Å². The number of ether oxygens (including phenoxy) is 1. The number of hydrogen-bond acceptors (Lipinski definition) is 9. The summed E-state index contributed by atoms with van der Waals surface area (Å²) in [6.45, 7) is 3.57. The van der Waals surface area contributed by atoms with Crippen molar-refractivity contribution in [3.8, 4) is 28.3 Å². The van der Waals surface area contributed by atoms with Crippen LogP contribution in [0.15, 0.2) is 99.1 Å². The van der Waals surface area contributed by atoms with Gasteiger partial charge in [0, 0.05) is 41.7 Å². The lowest BCUT2D eigenvalue weighted by Gasteiger charge is -2.21. The molecule has 6 aromatic rings. The Labute approximate surface area is 259 Å². The van der Waals surface area contributed by atoms with Gasteiger partial charge in [-0.25, -0.2) is 23.1 Å². The Morgan fingerprint density at radius 1 is 1.00 bits per heavy atom. The van der Waals surface area contributed by atoms with E-state index in [-0.39, 0.29) is 28.9 Å². The highest BCUT2D eigenvalue weighted by molar-refractivity contribution is 7.92. The number of oxazole rings is 1. The number of pyridine rings is 1. The van der Waals surface area contributed by atoms with E-state index in [0.29, 0.717) is 50.7 Å². The van der Waals surface area contributed by atoms with E-state index in [4.69, 9.17) is 13.7 Å². The Balaban J connectivity index is 1.41. The minimum absolute atomic E-state index is 0.0264. The normalized spacial score (nSPS) is 11.5. The van der Waals surface area contributed by atoms with Gasteiger partial charge in [0.1, 0.15) is 17.7 Å². The highest BCUT2D eigenvalue weighted by Crippen LogP contribution is 2.35. The number of aryl methyl sites for hydroxylation is 1. The second kappa shape index (κ2) is 11.9. The highest BCUT2D eigenvalue weighted by atomic mass is 32.2. The molecule has 0 fully saturated rings. The molecule has 6 rings (SSSR count). The monoisotopic (exact) mass is 623 g/mol. The number of fused-ring (bicyclic) bond motifs is 1. The maximum absolute atomic E-state index is 13.7. The molecule has 1 amide bonds. The van der Waals surface area contributed by atoms with Crippen LogP contribution in [0.4, 0.5) is 5.88 Å². The first-order chi connectivity index (χ1) is 21.7. The van der Waals surface area contributed by atoms with E-state index in [9.17, 15) is 13.2 Å². The number of sulfonamides is 1. The molecule has 0 aliphatic rings. The summed E-state index contributed by atoms with van der Waals surface area (Å²) in [4.78, 5) is 24.1. The van der Waals surface area contributed by atoms with Crippen molar-refractivity contribution < 1.29 is 26.9 Å². The summed E-state index contributed by atoms with van der Waals surface area (Å²) in [6, 6.07) is 21.1. The van der Waals surface area contributed by atoms with Crippen molar-refractivity contribution in [3.63, 3.8) is 0 Å². The predicted octanol–water partition coefficient (Wildman–Crippen LogP) is 6.24. The first kappa shape index (κ1) is 29.6. The first-order valence-corrected chi connectivity index (χ1v) is 15.4. The van der Waals surface area contributed by atoms with E-state index in [2.05, 4.69) is 19.8 Å². The van der Waals surface area contributed by atoms with Gasteiger partial charge in [0.05, 0.1) is 29.4 Å². The second-order valence-electron chi connectivity index (χ2n) is 10.4. The molecule has 3 aromatic heterocycles. The van der Waals surface area contributed by atoms with E-state index in [1.165, 1.54) is 23.4 Å². The Kier molecular flexibility index (Phi) is 7.81. The zero-order chi connectivity index (χ0) is 31.7. The smallest absolute Gasteiger partial charge is 0.272 e. The number of aromatic nitrogens is 3. The molecule has 0 saturated carbocycles. The number of benzene rings is 3. The minimum Gasteiger partial charge on any atom is -0.496 e. The Morgan fingerprint density at radius 2 is 1.78 bits per heavy atom. The molecule has 12 heteroatoms. The second-order valence-corrected chi connectivity index (χ2v) is 12.1. The van der Waals surface area contributed by atoms with Crippen molar-refractivity contribution in [3.05, 3.63) is 108 Å². The predicted molar refractivity (Wildman–Crippen MR) is 168 cm³/mol. The number of anilines is 1. The van der Waals surface area contributed by atoms with Crippen molar-refractivity contribution in [1.82, 2.24) is 20.0 Å². The molecule has 0 radical (unpaired) electrons. The van der Waals surface area contributed by atoms with Gasteiger partial charge in [0.15, 0.2) is 0 Å². The number of methoxy groups -OCH3 is 1. The SMILES string of the molecule is COc1cc(C(=O)N(C)Cc2cc(-c3ncco3)ccc2-c2ccccc2S(=O)(=O)Nc2onc(C)c2C)nc2ccccc12. The topological polar surface area (TPSA) is 141 Å². The van der Waals surface area contributed by atoms with Crippen LogP contribution in [-0.2, 0) is 16.6 Å². The lowest BCUT2D eigenvalue weighted by molar-refractivity contribution is 0.0779. The quantitative estimate of drug-likeness (QED) is 0.198. The molecule has 45 heavy (non-hydrogen) atoms.